The molecule has 1 unspecified atom stereocenters. The molecule has 1 rings (SSSR count). The van der Waals surface area contributed by atoms with Gasteiger partial charge in [-0.2, -0.15) is 5.10 Å². The average Bonchev–Trinajstić information content (AvgIpc) is 2.45. The molecule has 0 saturated heterocycles. The summed E-state index contributed by atoms with van der Waals surface area (Å²) in [6.07, 6.45) is 1.02. The van der Waals surface area contributed by atoms with E-state index in [1.165, 1.54) is 0 Å². The van der Waals surface area contributed by atoms with Crippen LogP contribution in [0.1, 0.15) is 30.8 Å². The Morgan fingerprint density at radius 3 is 2.86 bits per heavy atom. The molecular formula is C10H19N3O. The van der Waals surface area contributed by atoms with E-state index in [4.69, 9.17) is 10.5 Å². The van der Waals surface area contributed by atoms with E-state index in [1.807, 2.05) is 24.7 Å². The molecule has 1 heterocycles. The molecule has 0 aliphatic heterocycles. The lowest BCUT2D eigenvalue weighted by molar-refractivity contribution is 0.120. The Morgan fingerprint density at radius 2 is 2.36 bits per heavy atom. The van der Waals surface area contributed by atoms with Gasteiger partial charge in [-0.1, -0.05) is 6.92 Å². The van der Waals surface area contributed by atoms with Gasteiger partial charge in [-0.15, -0.1) is 0 Å². The molecule has 0 aromatic carbocycles. The summed E-state index contributed by atoms with van der Waals surface area (Å²) >= 11 is 0. The SMILES string of the molecule is CCCOCC(N)c1cc(C)nn1C. The second-order valence-electron chi connectivity index (χ2n) is 3.52. The minimum absolute atomic E-state index is 0.0762. The first-order valence-corrected chi connectivity index (χ1v) is 4.99. The van der Waals surface area contributed by atoms with Crippen molar-refractivity contribution in [3.8, 4) is 0 Å². The molecule has 0 aliphatic rings. The highest BCUT2D eigenvalue weighted by atomic mass is 16.5. The quantitative estimate of drug-likeness (QED) is 0.720. The lowest BCUT2D eigenvalue weighted by Gasteiger charge is -2.11. The van der Waals surface area contributed by atoms with Crippen molar-refractivity contribution in [2.45, 2.75) is 26.3 Å². The maximum Gasteiger partial charge on any atom is 0.0704 e. The minimum Gasteiger partial charge on any atom is -0.379 e. The molecule has 0 spiro atoms. The summed E-state index contributed by atoms with van der Waals surface area (Å²) in [6.45, 7) is 5.38. The van der Waals surface area contributed by atoms with Crippen LogP contribution in [0.5, 0.6) is 0 Å². The van der Waals surface area contributed by atoms with Gasteiger partial charge in [0.1, 0.15) is 0 Å². The molecule has 4 heteroatoms. The van der Waals surface area contributed by atoms with Crippen molar-refractivity contribution in [1.29, 1.82) is 0 Å². The number of aryl methyl sites for hydroxylation is 2. The Hall–Kier alpha value is -0.870. The molecule has 0 amide bonds. The average molecular weight is 197 g/mol. The van der Waals surface area contributed by atoms with Crippen molar-refractivity contribution in [3.63, 3.8) is 0 Å². The van der Waals surface area contributed by atoms with Crippen LogP contribution in [0, 0.1) is 6.92 Å². The van der Waals surface area contributed by atoms with Crippen molar-refractivity contribution in [2.24, 2.45) is 12.8 Å². The molecule has 80 valence electrons. The van der Waals surface area contributed by atoms with Crippen molar-refractivity contribution in [1.82, 2.24) is 9.78 Å². The lowest BCUT2D eigenvalue weighted by atomic mass is 10.2. The smallest absolute Gasteiger partial charge is 0.0704 e. The van der Waals surface area contributed by atoms with Crippen LogP contribution in [0.25, 0.3) is 0 Å². The zero-order valence-electron chi connectivity index (χ0n) is 9.16. The maximum absolute atomic E-state index is 5.96. The third-order valence-corrected chi connectivity index (χ3v) is 2.06. The van der Waals surface area contributed by atoms with E-state index >= 15 is 0 Å². The van der Waals surface area contributed by atoms with Crippen LogP contribution in [-0.2, 0) is 11.8 Å². The molecule has 1 atom stereocenters. The second-order valence-corrected chi connectivity index (χ2v) is 3.52. The van der Waals surface area contributed by atoms with Crippen molar-refractivity contribution in [3.05, 3.63) is 17.5 Å². The Bertz CT molecular complexity index is 283. The highest BCUT2D eigenvalue weighted by Gasteiger charge is 2.11. The van der Waals surface area contributed by atoms with Gasteiger partial charge < -0.3 is 10.5 Å². The highest BCUT2D eigenvalue weighted by Crippen LogP contribution is 2.11. The highest BCUT2D eigenvalue weighted by molar-refractivity contribution is 5.12. The van der Waals surface area contributed by atoms with E-state index in [0.717, 1.165) is 24.4 Å². The molecule has 0 saturated carbocycles. The molecular weight excluding hydrogens is 178 g/mol. The van der Waals surface area contributed by atoms with Gasteiger partial charge in [0.2, 0.25) is 0 Å². The van der Waals surface area contributed by atoms with E-state index in [9.17, 15) is 0 Å². The van der Waals surface area contributed by atoms with Crippen LogP contribution in [0.2, 0.25) is 0 Å². The lowest BCUT2D eigenvalue weighted by Crippen LogP contribution is -2.20. The van der Waals surface area contributed by atoms with E-state index in [1.54, 1.807) is 0 Å². The minimum atomic E-state index is -0.0762. The molecule has 0 fully saturated rings. The first-order chi connectivity index (χ1) is 6.65. The fraction of sp³-hybridized carbons (Fsp3) is 0.700. The van der Waals surface area contributed by atoms with Crippen molar-refractivity contribution >= 4 is 0 Å². The van der Waals surface area contributed by atoms with Gasteiger partial charge in [-0.3, -0.25) is 4.68 Å². The summed E-state index contributed by atoms with van der Waals surface area (Å²) < 4.78 is 7.21. The van der Waals surface area contributed by atoms with Crippen LogP contribution < -0.4 is 5.73 Å². The number of ether oxygens (including phenoxy) is 1. The normalized spacial score (nSPS) is 13.1. The largest absolute Gasteiger partial charge is 0.379 e. The first-order valence-electron chi connectivity index (χ1n) is 4.99. The standard InChI is InChI=1S/C10H19N3O/c1-4-5-14-7-9(11)10-6-8(2)12-13(10)3/h6,9H,4-5,7,11H2,1-3H3. The monoisotopic (exact) mass is 197 g/mol. The predicted molar refractivity (Wildman–Crippen MR) is 56.0 cm³/mol. The molecule has 0 radical (unpaired) electrons. The molecule has 0 bridgehead atoms. The number of hydrogen-bond donors (Lipinski definition) is 1. The van der Waals surface area contributed by atoms with Crippen molar-refractivity contribution in [2.75, 3.05) is 13.2 Å². The van der Waals surface area contributed by atoms with Crippen LogP contribution in [0.15, 0.2) is 6.07 Å². The molecule has 1 aromatic rings. The van der Waals surface area contributed by atoms with E-state index in [2.05, 4.69) is 12.0 Å². The Morgan fingerprint density at radius 1 is 1.64 bits per heavy atom. The Kier molecular flexibility index (Phi) is 4.10. The molecule has 4 nitrogen and oxygen atoms in total. The number of aromatic nitrogens is 2. The topological polar surface area (TPSA) is 53.1 Å². The summed E-state index contributed by atoms with van der Waals surface area (Å²) in [5.41, 5.74) is 7.98. The second kappa shape index (κ2) is 5.12. The van der Waals surface area contributed by atoms with Crippen LogP contribution in [0.4, 0.5) is 0 Å². The summed E-state index contributed by atoms with van der Waals surface area (Å²) in [5, 5.41) is 4.24. The molecule has 1 aromatic heterocycles. The number of nitrogens with two attached hydrogens (primary N) is 1. The fourth-order valence-corrected chi connectivity index (χ4v) is 1.42. The van der Waals surface area contributed by atoms with Crippen LogP contribution >= 0.6 is 0 Å². The number of nitrogens with zero attached hydrogens (tertiary/aromatic N) is 2. The number of rotatable bonds is 5. The molecule has 2 N–H and O–H groups in total. The van der Waals surface area contributed by atoms with E-state index < -0.39 is 0 Å². The zero-order chi connectivity index (χ0) is 10.6. The van der Waals surface area contributed by atoms with Gasteiger partial charge in [-0.25, -0.2) is 0 Å². The third-order valence-electron chi connectivity index (χ3n) is 2.06. The third kappa shape index (κ3) is 2.82. The van der Waals surface area contributed by atoms with Gasteiger partial charge in [0.15, 0.2) is 0 Å². The number of hydrogen-bond acceptors (Lipinski definition) is 3. The molecule has 14 heavy (non-hydrogen) atoms. The Labute approximate surface area is 85.0 Å². The van der Waals surface area contributed by atoms with Crippen molar-refractivity contribution < 1.29 is 4.74 Å². The van der Waals surface area contributed by atoms with Gasteiger partial charge in [-0.05, 0) is 19.4 Å². The van der Waals surface area contributed by atoms with Crippen LogP contribution in [0.3, 0.4) is 0 Å². The maximum atomic E-state index is 5.96. The summed E-state index contributed by atoms with van der Waals surface area (Å²) in [7, 11) is 1.90. The zero-order valence-corrected chi connectivity index (χ0v) is 9.16. The Balaban J connectivity index is 2.51. The summed E-state index contributed by atoms with van der Waals surface area (Å²) in [6, 6.07) is 1.92. The van der Waals surface area contributed by atoms with Gasteiger partial charge in [0.05, 0.1) is 24.0 Å². The fourth-order valence-electron chi connectivity index (χ4n) is 1.42. The summed E-state index contributed by atoms with van der Waals surface area (Å²) in [5.74, 6) is 0. The van der Waals surface area contributed by atoms with Gasteiger partial charge in [0.25, 0.3) is 0 Å². The van der Waals surface area contributed by atoms with E-state index in [-0.39, 0.29) is 6.04 Å². The van der Waals surface area contributed by atoms with E-state index in [0.29, 0.717) is 6.61 Å². The van der Waals surface area contributed by atoms with Crippen LogP contribution in [-0.4, -0.2) is 23.0 Å². The van der Waals surface area contributed by atoms with Gasteiger partial charge >= 0.3 is 0 Å². The molecule has 0 aliphatic carbocycles. The predicted octanol–water partition coefficient (Wildman–Crippen LogP) is 1.15. The summed E-state index contributed by atoms with van der Waals surface area (Å²) in [4.78, 5) is 0. The van der Waals surface area contributed by atoms with Gasteiger partial charge in [0, 0.05) is 13.7 Å². The first kappa shape index (κ1) is 11.2.